The molecule has 3 heteroatoms. The Morgan fingerprint density at radius 1 is 1.39 bits per heavy atom. The summed E-state index contributed by atoms with van der Waals surface area (Å²) in [7, 11) is 4.02. The van der Waals surface area contributed by atoms with Crippen LogP contribution in [-0.2, 0) is 4.74 Å². The second-order valence-electron chi connectivity index (χ2n) is 6.51. The van der Waals surface area contributed by atoms with E-state index >= 15 is 0 Å². The third-order valence-corrected chi connectivity index (χ3v) is 4.23. The van der Waals surface area contributed by atoms with E-state index in [0.717, 1.165) is 19.7 Å². The van der Waals surface area contributed by atoms with Crippen LogP contribution in [0.5, 0.6) is 0 Å². The van der Waals surface area contributed by atoms with Crippen molar-refractivity contribution in [3.8, 4) is 0 Å². The van der Waals surface area contributed by atoms with Crippen molar-refractivity contribution in [3.63, 3.8) is 0 Å². The van der Waals surface area contributed by atoms with Crippen molar-refractivity contribution in [1.82, 2.24) is 10.2 Å². The van der Waals surface area contributed by atoms with Crippen LogP contribution in [-0.4, -0.2) is 50.8 Å². The fraction of sp³-hybridized carbons (Fsp3) is 1.00. The summed E-state index contributed by atoms with van der Waals surface area (Å²) in [6.45, 7) is 10.0. The minimum absolute atomic E-state index is 0.483. The molecule has 0 heterocycles. The van der Waals surface area contributed by atoms with E-state index in [2.05, 4.69) is 38.0 Å². The third-order valence-electron chi connectivity index (χ3n) is 4.23. The number of hydrogen-bond donors (Lipinski definition) is 1. The summed E-state index contributed by atoms with van der Waals surface area (Å²) in [5.74, 6) is 0. The number of hydrogen-bond acceptors (Lipinski definition) is 3. The van der Waals surface area contributed by atoms with Gasteiger partial charge in [0.25, 0.3) is 0 Å². The smallest absolute Gasteiger partial charge is 0.0589 e. The monoisotopic (exact) mass is 256 g/mol. The summed E-state index contributed by atoms with van der Waals surface area (Å²) in [6.07, 6.45) is 5.14. The first-order valence-corrected chi connectivity index (χ1v) is 7.42. The molecule has 0 spiro atoms. The summed E-state index contributed by atoms with van der Waals surface area (Å²) < 4.78 is 5.21. The minimum Gasteiger partial charge on any atom is -0.383 e. The van der Waals surface area contributed by atoms with Gasteiger partial charge in [-0.25, -0.2) is 0 Å². The Kier molecular flexibility index (Phi) is 6.61. The number of rotatable bonds is 7. The summed E-state index contributed by atoms with van der Waals surface area (Å²) in [6, 6.07) is 1.30. The quantitative estimate of drug-likeness (QED) is 0.757. The van der Waals surface area contributed by atoms with Gasteiger partial charge in [0.05, 0.1) is 6.61 Å². The molecule has 108 valence electrons. The molecule has 0 bridgehead atoms. The lowest BCUT2D eigenvalue weighted by molar-refractivity contribution is 0.0624. The van der Waals surface area contributed by atoms with Crippen LogP contribution in [0, 0.1) is 5.41 Å². The Balaban J connectivity index is 2.58. The van der Waals surface area contributed by atoms with Crippen LogP contribution < -0.4 is 5.32 Å². The van der Waals surface area contributed by atoms with Crippen molar-refractivity contribution in [3.05, 3.63) is 0 Å². The van der Waals surface area contributed by atoms with Crippen LogP contribution in [0.25, 0.3) is 0 Å². The molecule has 0 saturated heterocycles. The van der Waals surface area contributed by atoms with Crippen molar-refractivity contribution in [2.75, 3.05) is 33.9 Å². The molecule has 3 nitrogen and oxygen atoms in total. The maximum atomic E-state index is 5.21. The number of likely N-dealkylation sites (N-methyl/N-ethyl adjacent to an activating group) is 1. The van der Waals surface area contributed by atoms with Gasteiger partial charge in [-0.2, -0.15) is 0 Å². The molecule has 0 aliphatic heterocycles. The summed E-state index contributed by atoms with van der Waals surface area (Å²) >= 11 is 0. The van der Waals surface area contributed by atoms with E-state index in [0.29, 0.717) is 17.5 Å². The summed E-state index contributed by atoms with van der Waals surface area (Å²) in [5, 5.41) is 3.73. The molecule has 0 aromatic heterocycles. The summed E-state index contributed by atoms with van der Waals surface area (Å²) in [5.41, 5.74) is 0.483. The highest BCUT2D eigenvalue weighted by Crippen LogP contribution is 2.37. The first kappa shape index (κ1) is 15.9. The minimum atomic E-state index is 0.483. The van der Waals surface area contributed by atoms with Crippen molar-refractivity contribution in [2.45, 2.75) is 58.5 Å². The molecule has 0 amide bonds. The number of methoxy groups -OCH3 is 1. The predicted octanol–water partition coefficient (Wildman–Crippen LogP) is 2.51. The van der Waals surface area contributed by atoms with Crippen LogP contribution >= 0.6 is 0 Å². The second-order valence-corrected chi connectivity index (χ2v) is 6.51. The number of ether oxygens (including phenoxy) is 1. The van der Waals surface area contributed by atoms with Gasteiger partial charge in [0.1, 0.15) is 0 Å². The molecule has 1 saturated carbocycles. The molecular formula is C15H32N2O. The van der Waals surface area contributed by atoms with Crippen LogP contribution in [0.1, 0.15) is 46.5 Å². The fourth-order valence-corrected chi connectivity index (χ4v) is 2.98. The zero-order valence-electron chi connectivity index (χ0n) is 13.0. The molecule has 0 radical (unpaired) electrons. The van der Waals surface area contributed by atoms with E-state index < -0.39 is 0 Å². The van der Waals surface area contributed by atoms with E-state index in [1.54, 1.807) is 7.11 Å². The van der Waals surface area contributed by atoms with Crippen LogP contribution in [0.2, 0.25) is 0 Å². The first-order chi connectivity index (χ1) is 8.50. The molecule has 2 atom stereocenters. The van der Waals surface area contributed by atoms with E-state index in [1.807, 2.05) is 0 Å². The van der Waals surface area contributed by atoms with E-state index in [-0.39, 0.29) is 0 Å². The third kappa shape index (κ3) is 4.87. The van der Waals surface area contributed by atoms with Gasteiger partial charge >= 0.3 is 0 Å². The molecule has 1 N–H and O–H groups in total. The zero-order valence-corrected chi connectivity index (χ0v) is 13.0. The maximum absolute atomic E-state index is 5.21. The lowest BCUT2D eigenvalue weighted by Crippen LogP contribution is -2.54. The van der Waals surface area contributed by atoms with Crippen LogP contribution in [0.15, 0.2) is 0 Å². The van der Waals surface area contributed by atoms with Gasteiger partial charge < -0.3 is 10.1 Å². The molecule has 1 aliphatic carbocycles. The average Bonchev–Trinajstić information content (AvgIpc) is 2.33. The number of nitrogens with zero attached hydrogens (tertiary/aromatic N) is 1. The van der Waals surface area contributed by atoms with Gasteiger partial charge in [-0.15, -0.1) is 0 Å². The van der Waals surface area contributed by atoms with Gasteiger partial charge in [0.2, 0.25) is 0 Å². The van der Waals surface area contributed by atoms with Crippen LogP contribution in [0.3, 0.4) is 0 Å². The van der Waals surface area contributed by atoms with Gasteiger partial charge in [-0.1, -0.05) is 20.8 Å². The topological polar surface area (TPSA) is 24.5 Å². The van der Waals surface area contributed by atoms with Crippen molar-refractivity contribution >= 4 is 0 Å². The average molecular weight is 256 g/mol. The molecule has 0 aromatic carbocycles. The van der Waals surface area contributed by atoms with E-state index in [4.69, 9.17) is 4.74 Å². The molecular weight excluding hydrogens is 224 g/mol. The lowest BCUT2D eigenvalue weighted by Gasteiger charge is -2.45. The number of nitrogens with one attached hydrogen (secondary N) is 1. The van der Waals surface area contributed by atoms with Crippen LogP contribution in [0.4, 0.5) is 0 Å². The molecule has 1 fully saturated rings. The van der Waals surface area contributed by atoms with Crippen molar-refractivity contribution in [2.24, 2.45) is 5.41 Å². The maximum Gasteiger partial charge on any atom is 0.0589 e. The van der Waals surface area contributed by atoms with Gasteiger partial charge in [0.15, 0.2) is 0 Å². The molecule has 18 heavy (non-hydrogen) atoms. The Morgan fingerprint density at radius 3 is 2.72 bits per heavy atom. The zero-order chi connectivity index (χ0) is 13.6. The van der Waals surface area contributed by atoms with Gasteiger partial charge in [-0.05, 0) is 44.7 Å². The Bertz CT molecular complexity index is 231. The lowest BCUT2D eigenvalue weighted by atomic mass is 9.72. The molecule has 2 unspecified atom stereocenters. The molecule has 0 aromatic rings. The SMILES string of the molecule is CCCNC1CCC(C)(C)CC1N(C)CCOC. The Morgan fingerprint density at radius 2 is 2.11 bits per heavy atom. The Hall–Kier alpha value is -0.120. The summed E-state index contributed by atoms with van der Waals surface area (Å²) in [4.78, 5) is 2.48. The highest BCUT2D eigenvalue weighted by molar-refractivity contribution is 4.93. The Labute approximate surface area is 113 Å². The highest BCUT2D eigenvalue weighted by atomic mass is 16.5. The normalized spacial score (nSPS) is 27.7. The van der Waals surface area contributed by atoms with E-state index in [1.165, 1.54) is 25.7 Å². The largest absolute Gasteiger partial charge is 0.383 e. The fourth-order valence-electron chi connectivity index (χ4n) is 2.98. The van der Waals surface area contributed by atoms with E-state index in [9.17, 15) is 0 Å². The van der Waals surface area contributed by atoms with Gasteiger partial charge in [0, 0.05) is 25.7 Å². The second kappa shape index (κ2) is 7.46. The predicted molar refractivity (Wildman–Crippen MR) is 78.0 cm³/mol. The molecule has 1 rings (SSSR count). The van der Waals surface area contributed by atoms with Crippen molar-refractivity contribution < 1.29 is 4.74 Å². The van der Waals surface area contributed by atoms with Gasteiger partial charge in [-0.3, -0.25) is 4.90 Å². The first-order valence-electron chi connectivity index (χ1n) is 7.42. The highest BCUT2D eigenvalue weighted by Gasteiger charge is 2.36. The molecule has 1 aliphatic rings. The standard InChI is InChI=1S/C15H32N2O/c1-6-9-16-13-7-8-15(2,3)12-14(13)17(4)10-11-18-5/h13-14,16H,6-12H2,1-5H3. The van der Waals surface area contributed by atoms with Crippen molar-refractivity contribution in [1.29, 1.82) is 0 Å².